The number of ether oxygens (including phenoxy) is 5. The average molecular weight is 529 g/mol. The number of esters is 1. The van der Waals surface area contributed by atoms with Crippen molar-refractivity contribution in [3.05, 3.63) is 106 Å². The van der Waals surface area contributed by atoms with Gasteiger partial charge >= 0.3 is 5.97 Å². The van der Waals surface area contributed by atoms with E-state index >= 15 is 0 Å². The van der Waals surface area contributed by atoms with Gasteiger partial charge in [-0.3, -0.25) is 0 Å². The van der Waals surface area contributed by atoms with Crippen LogP contribution in [-0.2, 0) is 24.4 Å². The monoisotopic (exact) mass is 528 g/mol. The lowest BCUT2D eigenvalue weighted by Gasteiger charge is -2.51. The number of hydrogen-bond donors (Lipinski definition) is 0. The predicted octanol–water partition coefficient (Wildman–Crippen LogP) is 5.78. The molecule has 0 saturated carbocycles. The molecule has 6 heteroatoms. The van der Waals surface area contributed by atoms with Crippen molar-refractivity contribution in [2.24, 2.45) is 0 Å². The molecule has 0 N–H and O–H groups in total. The summed E-state index contributed by atoms with van der Waals surface area (Å²) in [5, 5.41) is 0. The average Bonchev–Trinajstić information content (AvgIpc) is 2.96. The summed E-state index contributed by atoms with van der Waals surface area (Å²) in [6.07, 6.45) is 1.39. The molecule has 0 heterocycles. The van der Waals surface area contributed by atoms with Crippen LogP contribution in [0.1, 0.15) is 59.1 Å². The maximum atomic E-state index is 12.1. The Morgan fingerprint density at radius 1 is 0.795 bits per heavy atom. The van der Waals surface area contributed by atoms with Gasteiger partial charge in [0, 0.05) is 42.3 Å². The van der Waals surface area contributed by atoms with Gasteiger partial charge in [0.2, 0.25) is 0 Å². The van der Waals surface area contributed by atoms with E-state index in [-0.39, 0.29) is 11.9 Å². The molecule has 0 fully saturated rings. The number of methoxy groups -OCH3 is 2. The maximum absolute atomic E-state index is 12.1. The van der Waals surface area contributed by atoms with Crippen LogP contribution in [0.25, 0.3) is 0 Å². The molecular weight excluding hydrogens is 492 g/mol. The zero-order valence-corrected chi connectivity index (χ0v) is 23.0. The first kappa shape index (κ1) is 27.0. The first-order chi connectivity index (χ1) is 19.0. The van der Waals surface area contributed by atoms with Gasteiger partial charge in [-0.15, -0.1) is 0 Å². The Morgan fingerprint density at radius 3 is 1.95 bits per heavy atom. The minimum absolute atomic E-state index is 0.0130. The van der Waals surface area contributed by atoms with Crippen molar-refractivity contribution in [3.63, 3.8) is 0 Å². The molecule has 3 aliphatic carbocycles. The Bertz CT molecular complexity index is 1310. The standard InChI is InChI=1S/C33H36O6/c1-22(2)32(34)39-17-9-16-33-25-12-7-5-10-23(25)29(24-11-6-8-13-26(24)33)30-27(37-20-18-35-3)14-15-28(31(30)33)38-21-19-36-4/h5-8,10-15,29H,1,9,16-21H2,2-4H3. The summed E-state index contributed by atoms with van der Waals surface area (Å²) >= 11 is 0. The molecule has 0 saturated heterocycles. The SMILES string of the molecule is C=C(C)C(=O)OCCCC12c3ccccc3C(c3ccccc31)c1c(OCCOC)ccc(OCCOC)c12. The zero-order chi connectivity index (χ0) is 27.4. The van der Waals surface area contributed by atoms with Crippen LogP contribution in [-0.4, -0.2) is 53.2 Å². The number of benzene rings is 3. The molecule has 3 aromatic carbocycles. The van der Waals surface area contributed by atoms with E-state index in [1.54, 1.807) is 21.1 Å². The molecule has 0 amide bonds. The molecule has 204 valence electrons. The van der Waals surface area contributed by atoms with Crippen molar-refractivity contribution < 1.29 is 28.5 Å². The van der Waals surface area contributed by atoms with Crippen molar-refractivity contribution in [2.75, 3.05) is 47.3 Å². The third kappa shape index (κ3) is 4.72. The Morgan fingerprint density at radius 2 is 1.36 bits per heavy atom. The molecule has 3 aliphatic rings. The van der Waals surface area contributed by atoms with Gasteiger partial charge in [-0.2, -0.15) is 0 Å². The van der Waals surface area contributed by atoms with Gasteiger partial charge < -0.3 is 23.7 Å². The normalized spacial score (nSPS) is 18.1. The fourth-order valence-electron chi connectivity index (χ4n) is 6.21. The third-order valence-corrected chi connectivity index (χ3v) is 7.71. The second-order valence-corrected chi connectivity index (χ2v) is 10.1. The molecule has 39 heavy (non-hydrogen) atoms. The minimum atomic E-state index is -0.504. The fraction of sp³-hybridized carbons (Fsp3) is 0.364. The topological polar surface area (TPSA) is 63.2 Å². The largest absolute Gasteiger partial charge is 0.491 e. The first-order valence-electron chi connectivity index (χ1n) is 13.5. The van der Waals surface area contributed by atoms with E-state index in [1.165, 1.54) is 22.3 Å². The van der Waals surface area contributed by atoms with Crippen LogP contribution in [0.3, 0.4) is 0 Å². The van der Waals surface area contributed by atoms with Crippen molar-refractivity contribution in [1.29, 1.82) is 0 Å². The highest BCUT2D eigenvalue weighted by molar-refractivity contribution is 5.86. The van der Waals surface area contributed by atoms with Crippen LogP contribution in [0.4, 0.5) is 0 Å². The van der Waals surface area contributed by atoms with E-state index in [0.717, 1.165) is 29.0 Å². The lowest BCUT2D eigenvalue weighted by Crippen LogP contribution is -2.43. The number of carbonyl (C=O) groups excluding carboxylic acids is 1. The van der Waals surface area contributed by atoms with E-state index in [1.807, 2.05) is 12.1 Å². The fourth-order valence-corrected chi connectivity index (χ4v) is 6.21. The van der Waals surface area contributed by atoms with Gasteiger partial charge in [0.05, 0.1) is 19.8 Å². The Labute approximate surface area is 230 Å². The van der Waals surface area contributed by atoms with Crippen LogP contribution >= 0.6 is 0 Å². The van der Waals surface area contributed by atoms with E-state index in [2.05, 4.69) is 55.1 Å². The molecule has 0 aromatic heterocycles. The summed E-state index contributed by atoms with van der Waals surface area (Å²) in [5.41, 5.74) is 7.23. The first-order valence-corrected chi connectivity index (χ1v) is 13.5. The van der Waals surface area contributed by atoms with Crippen molar-refractivity contribution in [1.82, 2.24) is 0 Å². The van der Waals surface area contributed by atoms with Gasteiger partial charge in [-0.25, -0.2) is 4.79 Å². The smallest absolute Gasteiger partial charge is 0.333 e. The van der Waals surface area contributed by atoms with E-state index in [0.29, 0.717) is 45.0 Å². The van der Waals surface area contributed by atoms with Crippen LogP contribution in [0.2, 0.25) is 0 Å². The van der Waals surface area contributed by atoms with Crippen molar-refractivity contribution in [3.8, 4) is 11.5 Å². The highest BCUT2D eigenvalue weighted by Crippen LogP contribution is 2.64. The summed E-state index contributed by atoms with van der Waals surface area (Å²) in [4.78, 5) is 12.1. The Kier molecular flexibility index (Phi) is 8.05. The Hall–Kier alpha value is -3.61. The summed E-state index contributed by atoms with van der Waals surface area (Å²) in [7, 11) is 3.35. The third-order valence-electron chi connectivity index (χ3n) is 7.71. The Balaban J connectivity index is 1.69. The second kappa shape index (κ2) is 11.6. The molecule has 6 nitrogen and oxygen atoms in total. The molecule has 0 atom stereocenters. The molecule has 0 spiro atoms. The summed E-state index contributed by atoms with van der Waals surface area (Å²) in [5.74, 6) is 1.32. The quantitative estimate of drug-likeness (QED) is 0.159. The molecule has 0 unspecified atom stereocenters. The summed E-state index contributed by atoms with van der Waals surface area (Å²) < 4.78 is 28.9. The van der Waals surface area contributed by atoms with E-state index in [9.17, 15) is 4.79 Å². The van der Waals surface area contributed by atoms with Crippen LogP contribution in [0.15, 0.2) is 72.8 Å². The highest BCUT2D eigenvalue weighted by atomic mass is 16.5. The van der Waals surface area contributed by atoms with Gasteiger partial charge in [-0.05, 0) is 54.2 Å². The summed E-state index contributed by atoms with van der Waals surface area (Å²) in [6, 6.07) is 21.4. The lowest BCUT2D eigenvalue weighted by molar-refractivity contribution is -0.139. The molecular formula is C33H36O6. The van der Waals surface area contributed by atoms with Crippen LogP contribution < -0.4 is 9.47 Å². The van der Waals surface area contributed by atoms with Crippen molar-refractivity contribution in [2.45, 2.75) is 31.1 Å². The van der Waals surface area contributed by atoms with Crippen molar-refractivity contribution >= 4 is 5.97 Å². The van der Waals surface area contributed by atoms with Crippen LogP contribution in [0, 0.1) is 0 Å². The lowest BCUT2D eigenvalue weighted by atomic mass is 9.51. The summed E-state index contributed by atoms with van der Waals surface area (Å²) in [6.45, 7) is 7.56. The van der Waals surface area contributed by atoms with Gasteiger partial charge in [0.15, 0.2) is 0 Å². The number of carbonyl (C=O) groups is 1. The number of hydrogen-bond acceptors (Lipinski definition) is 6. The predicted molar refractivity (Wildman–Crippen MR) is 150 cm³/mol. The molecule has 3 aromatic rings. The molecule has 6 rings (SSSR count). The van der Waals surface area contributed by atoms with Gasteiger partial charge in [-0.1, -0.05) is 55.1 Å². The highest BCUT2D eigenvalue weighted by Gasteiger charge is 2.53. The van der Waals surface area contributed by atoms with E-state index < -0.39 is 5.41 Å². The molecule has 0 radical (unpaired) electrons. The zero-order valence-electron chi connectivity index (χ0n) is 23.0. The minimum Gasteiger partial charge on any atom is -0.491 e. The second-order valence-electron chi connectivity index (χ2n) is 10.1. The van der Waals surface area contributed by atoms with Gasteiger partial charge in [0.25, 0.3) is 0 Å². The molecule has 0 aliphatic heterocycles. The molecule has 2 bridgehead atoms. The van der Waals surface area contributed by atoms with Crippen LogP contribution in [0.5, 0.6) is 11.5 Å². The maximum Gasteiger partial charge on any atom is 0.333 e. The number of rotatable bonds is 13. The van der Waals surface area contributed by atoms with Gasteiger partial charge in [0.1, 0.15) is 24.7 Å². The van der Waals surface area contributed by atoms with E-state index in [4.69, 9.17) is 23.7 Å².